The van der Waals surface area contributed by atoms with Crippen LogP contribution < -0.4 is 16.0 Å². The lowest BCUT2D eigenvalue weighted by Crippen LogP contribution is -2.62. The molecular weight excluding hydrogens is 354 g/mol. The molecule has 150 valence electrons. The standard InChI is InChI=1S/C22H29N3O3/c1-14-8-9-15(11-17(14)24-20(27)18-7-6-10-28-18)19(26)23-16-12-21(2,3)25-22(4,5)13-16/h6-11,16,25H,12-13H2,1-5H3,(H,23,26)(H,24,27). The summed E-state index contributed by atoms with van der Waals surface area (Å²) >= 11 is 0. The molecular formula is C22H29N3O3. The molecule has 3 rings (SSSR count). The first kappa shape index (κ1) is 20.1. The lowest BCUT2D eigenvalue weighted by atomic mass is 9.79. The van der Waals surface area contributed by atoms with Gasteiger partial charge in [-0.25, -0.2) is 0 Å². The highest BCUT2D eigenvalue weighted by molar-refractivity contribution is 6.04. The van der Waals surface area contributed by atoms with Gasteiger partial charge in [-0.1, -0.05) is 6.07 Å². The third-order valence-electron chi connectivity index (χ3n) is 5.02. The number of carbonyl (C=O) groups excluding carboxylic acids is 2. The molecule has 0 spiro atoms. The maximum atomic E-state index is 12.9. The van der Waals surface area contributed by atoms with Gasteiger partial charge in [0.05, 0.1) is 6.26 Å². The molecule has 1 saturated heterocycles. The van der Waals surface area contributed by atoms with Crippen LogP contribution in [-0.4, -0.2) is 28.9 Å². The number of hydrogen-bond donors (Lipinski definition) is 3. The number of hydrogen-bond acceptors (Lipinski definition) is 4. The van der Waals surface area contributed by atoms with E-state index in [-0.39, 0.29) is 34.7 Å². The lowest BCUT2D eigenvalue weighted by molar-refractivity contribution is 0.0872. The minimum Gasteiger partial charge on any atom is -0.459 e. The average molecular weight is 383 g/mol. The normalized spacial score (nSPS) is 18.5. The Morgan fingerprint density at radius 2 is 1.75 bits per heavy atom. The summed E-state index contributed by atoms with van der Waals surface area (Å²) in [5.41, 5.74) is 1.90. The smallest absolute Gasteiger partial charge is 0.291 e. The number of nitrogens with one attached hydrogen (secondary N) is 3. The third kappa shape index (κ3) is 4.81. The molecule has 2 aromatic rings. The Morgan fingerprint density at radius 3 is 2.36 bits per heavy atom. The summed E-state index contributed by atoms with van der Waals surface area (Å²) in [5, 5.41) is 9.60. The fraction of sp³-hybridized carbons (Fsp3) is 0.455. The van der Waals surface area contributed by atoms with Gasteiger partial charge in [-0.15, -0.1) is 0 Å². The molecule has 1 fully saturated rings. The molecule has 0 radical (unpaired) electrons. The van der Waals surface area contributed by atoms with Crippen LogP contribution >= 0.6 is 0 Å². The molecule has 0 saturated carbocycles. The van der Waals surface area contributed by atoms with Crippen molar-refractivity contribution >= 4 is 17.5 Å². The zero-order chi connectivity index (χ0) is 20.5. The Hall–Kier alpha value is -2.60. The minimum atomic E-state index is -0.340. The zero-order valence-corrected chi connectivity index (χ0v) is 17.2. The first-order valence-corrected chi connectivity index (χ1v) is 9.60. The van der Waals surface area contributed by atoms with Crippen molar-refractivity contribution in [3.05, 3.63) is 53.5 Å². The highest BCUT2D eigenvalue weighted by Crippen LogP contribution is 2.29. The monoisotopic (exact) mass is 383 g/mol. The predicted molar refractivity (Wildman–Crippen MR) is 110 cm³/mol. The van der Waals surface area contributed by atoms with Crippen molar-refractivity contribution < 1.29 is 14.0 Å². The van der Waals surface area contributed by atoms with E-state index >= 15 is 0 Å². The second-order valence-electron chi connectivity index (χ2n) is 8.93. The van der Waals surface area contributed by atoms with E-state index in [9.17, 15) is 9.59 Å². The van der Waals surface area contributed by atoms with Crippen molar-refractivity contribution in [3.63, 3.8) is 0 Å². The van der Waals surface area contributed by atoms with Gasteiger partial charge < -0.3 is 20.4 Å². The fourth-order valence-electron chi connectivity index (χ4n) is 4.18. The number of benzene rings is 1. The molecule has 1 aliphatic heterocycles. The lowest BCUT2D eigenvalue weighted by Gasteiger charge is -2.46. The number of carbonyl (C=O) groups is 2. The molecule has 2 amide bonds. The SMILES string of the molecule is Cc1ccc(C(=O)NC2CC(C)(C)NC(C)(C)C2)cc1NC(=O)c1ccco1. The van der Waals surface area contributed by atoms with E-state index in [1.807, 2.05) is 13.0 Å². The zero-order valence-electron chi connectivity index (χ0n) is 17.2. The second kappa shape index (κ2) is 7.43. The van der Waals surface area contributed by atoms with E-state index in [1.54, 1.807) is 24.3 Å². The van der Waals surface area contributed by atoms with Crippen molar-refractivity contribution in [1.29, 1.82) is 0 Å². The Kier molecular flexibility index (Phi) is 5.35. The van der Waals surface area contributed by atoms with E-state index in [1.165, 1.54) is 6.26 Å². The molecule has 1 aliphatic rings. The van der Waals surface area contributed by atoms with E-state index in [4.69, 9.17) is 4.42 Å². The largest absolute Gasteiger partial charge is 0.459 e. The average Bonchev–Trinajstić information content (AvgIpc) is 3.08. The van der Waals surface area contributed by atoms with E-state index < -0.39 is 0 Å². The van der Waals surface area contributed by atoms with Crippen molar-refractivity contribution in [2.75, 3.05) is 5.32 Å². The van der Waals surface area contributed by atoms with E-state index in [0.717, 1.165) is 18.4 Å². The summed E-state index contributed by atoms with van der Waals surface area (Å²) < 4.78 is 5.13. The van der Waals surface area contributed by atoms with Crippen LogP contribution in [0, 0.1) is 6.92 Å². The van der Waals surface area contributed by atoms with Gasteiger partial charge in [0.15, 0.2) is 5.76 Å². The summed E-state index contributed by atoms with van der Waals surface area (Å²) in [6, 6.07) is 8.67. The maximum Gasteiger partial charge on any atom is 0.291 e. The molecule has 1 aromatic carbocycles. The van der Waals surface area contributed by atoms with Crippen LogP contribution in [0.2, 0.25) is 0 Å². The summed E-state index contributed by atoms with van der Waals surface area (Å²) in [4.78, 5) is 25.1. The summed E-state index contributed by atoms with van der Waals surface area (Å²) in [6.07, 6.45) is 3.17. The molecule has 28 heavy (non-hydrogen) atoms. The molecule has 6 nitrogen and oxygen atoms in total. The molecule has 6 heteroatoms. The van der Waals surface area contributed by atoms with Gasteiger partial charge in [0.1, 0.15) is 0 Å². The van der Waals surface area contributed by atoms with Crippen LogP contribution in [0.1, 0.15) is 67.0 Å². The highest BCUT2D eigenvalue weighted by atomic mass is 16.3. The van der Waals surface area contributed by atoms with Crippen molar-refractivity contribution in [2.24, 2.45) is 0 Å². The van der Waals surface area contributed by atoms with Gasteiger partial charge in [0.25, 0.3) is 11.8 Å². The Balaban J connectivity index is 1.73. The minimum absolute atomic E-state index is 0.0465. The topological polar surface area (TPSA) is 83.4 Å². The van der Waals surface area contributed by atoms with Gasteiger partial charge in [0, 0.05) is 28.4 Å². The number of rotatable bonds is 4. The first-order chi connectivity index (χ1) is 13.0. The van der Waals surface area contributed by atoms with Gasteiger partial charge in [-0.3, -0.25) is 9.59 Å². The van der Waals surface area contributed by atoms with Crippen molar-refractivity contribution in [2.45, 2.75) is 64.6 Å². The number of aryl methyl sites for hydroxylation is 1. The number of amides is 2. The van der Waals surface area contributed by atoms with Crippen molar-refractivity contribution in [1.82, 2.24) is 10.6 Å². The second-order valence-corrected chi connectivity index (χ2v) is 8.93. The van der Waals surface area contributed by atoms with Crippen LogP contribution in [0.3, 0.4) is 0 Å². The first-order valence-electron chi connectivity index (χ1n) is 9.60. The maximum absolute atomic E-state index is 12.9. The Labute approximate surface area is 166 Å². The Morgan fingerprint density at radius 1 is 1.07 bits per heavy atom. The summed E-state index contributed by atoms with van der Waals surface area (Å²) in [6.45, 7) is 10.5. The number of anilines is 1. The van der Waals surface area contributed by atoms with Crippen LogP contribution in [0.15, 0.2) is 41.0 Å². The number of furan rings is 1. The molecule has 1 aromatic heterocycles. The molecule has 0 bridgehead atoms. The molecule has 0 aliphatic carbocycles. The summed E-state index contributed by atoms with van der Waals surface area (Å²) in [5.74, 6) is -0.243. The van der Waals surface area contributed by atoms with Gasteiger partial charge in [-0.2, -0.15) is 0 Å². The highest BCUT2D eigenvalue weighted by Gasteiger charge is 2.38. The number of piperidine rings is 1. The van der Waals surface area contributed by atoms with E-state index in [0.29, 0.717) is 11.3 Å². The van der Waals surface area contributed by atoms with E-state index in [2.05, 4.69) is 43.6 Å². The molecule has 3 N–H and O–H groups in total. The molecule has 2 heterocycles. The summed E-state index contributed by atoms with van der Waals surface area (Å²) in [7, 11) is 0. The van der Waals surface area contributed by atoms with Crippen LogP contribution in [-0.2, 0) is 0 Å². The third-order valence-corrected chi connectivity index (χ3v) is 5.02. The van der Waals surface area contributed by atoms with Gasteiger partial charge in [0.2, 0.25) is 0 Å². The van der Waals surface area contributed by atoms with Crippen LogP contribution in [0.4, 0.5) is 5.69 Å². The molecule has 0 unspecified atom stereocenters. The van der Waals surface area contributed by atoms with Crippen LogP contribution in [0.25, 0.3) is 0 Å². The van der Waals surface area contributed by atoms with Gasteiger partial charge >= 0.3 is 0 Å². The molecule has 0 atom stereocenters. The van der Waals surface area contributed by atoms with Crippen LogP contribution in [0.5, 0.6) is 0 Å². The fourth-order valence-corrected chi connectivity index (χ4v) is 4.18. The van der Waals surface area contributed by atoms with Crippen molar-refractivity contribution in [3.8, 4) is 0 Å². The quantitative estimate of drug-likeness (QED) is 0.748. The predicted octanol–water partition coefficient (Wildman–Crippen LogP) is 3.88. The van der Waals surface area contributed by atoms with Gasteiger partial charge in [-0.05, 0) is 77.3 Å². The Bertz CT molecular complexity index is 853.